The summed E-state index contributed by atoms with van der Waals surface area (Å²) in [5, 5.41) is 20.4. The molecule has 0 spiro atoms. The van der Waals surface area contributed by atoms with Crippen molar-refractivity contribution in [3.8, 4) is 17.7 Å². The van der Waals surface area contributed by atoms with Gasteiger partial charge in [-0.2, -0.15) is 10.2 Å². The van der Waals surface area contributed by atoms with E-state index in [9.17, 15) is 4.79 Å². The zero-order chi connectivity index (χ0) is 11.5. The van der Waals surface area contributed by atoms with E-state index in [-0.39, 0.29) is 5.89 Å². The summed E-state index contributed by atoms with van der Waals surface area (Å²) in [4.78, 5) is 18.0. The molecule has 0 saturated heterocycles. The van der Waals surface area contributed by atoms with Gasteiger partial charge in [-0.15, -0.1) is 0 Å². The lowest BCUT2D eigenvalue weighted by Crippen LogP contribution is -1.98. The summed E-state index contributed by atoms with van der Waals surface area (Å²) in [5.41, 5.74) is 0.709. The van der Waals surface area contributed by atoms with E-state index in [0.717, 1.165) is 0 Å². The summed E-state index contributed by atoms with van der Waals surface area (Å²) >= 11 is 0. The van der Waals surface area contributed by atoms with E-state index in [1.54, 1.807) is 0 Å². The lowest BCUT2D eigenvalue weighted by atomic mass is 10.3. The lowest BCUT2D eigenvalue weighted by Gasteiger charge is -1.91. The Labute approximate surface area is 89.0 Å². The molecule has 0 amide bonds. The quantitative estimate of drug-likeness (QED) is 0.785. The number of aromatic carboxylic acids is 1. The van der Waals surface area contributed by atoms with Crippen LogP contribution in [0, 0.1) is 11.3 Å². The maximum Gasteiger partial charge on any atom is 0.377 e. The normalized spacial score (nSPS) is 9.69. The molecule has 7 nitrogen and oxygen atoms in total. The zero-order valence-electron chi connectivity index (χ0n) is 7.78. The van der Waals surface area contributed by atoms with Gasteiger partial charge in [-0.05, 0) is 17.3 Å². The summed E-state index contributed by atoms with van der Waals surface area (Å²) in [7, 11) is 0. The van der Waals surface area contributed by atoms with Gasteiger partial charge in [-0.1, -0.05) is 0 Å². The second kappa shape index (κ2) is 3.78. The van der Waals surface area contributed by atoms with Gasteiger partial charge >= 0.3 is 5.97 Å². The van der Waals surface area contributed by atoms with Gasteiger partial charge in [0, 0.05) is 6.20 Å². The third-order valence-electron chi connectivity index (χ3n) is 1.73. The van der Waals surface area contributed by atoms with Crippen LogP contribution < -0.4 is 0 Å². The fourth-order valence-corrected chi connectivity index (χ4v) is 1.00. The molecular formula is C9H4N4O3. The molecule has 0 atom stereocenters. The van der Waals surface area contributed by atoms with Crippen LogP contribution in [-0.2, 0) is 0 Å². The summed E-state index contributed by atoms with van der Waals surface area (Å²) in [6.45, 7) is 0. The van der Waals surface area contributed by atoms with E-state index >= 15 is 0 Å². The molecule has 2 aromatic rings. The summed E-state index contributed by atoms with van der Waals surface area (Å²) in [6, 6.07) is 4.92. The topological polar surface area (TPSA) is 113 Å². The fourth-order valence-electron chi connectivity index (χ4n) is 1.00. The predicted molar refractivity (Wildman–Crippen MR) is 49.2 cm³/mol. The first-order chi connectivity index (χ1) is 7.70. The fraction of sp³-hybridized carbons (Fsp3) is 0. The van der Waals surface area contributed by atoms with Gasteiger partial charge in [-0.25, -0.2) is 9.78 Å². The first kappa shape index (κ1) is 9.79. The van der Waals surface area contributed by atoms with Crippen LogP contribution in [0.3, 0.4) is 0 Å². The molecule has 1 N–H and O–H groups in total. The number of nitriles is 1. The van der Waals surface area contributed by atoms with Gasteiger partial charge in [0.1, 0.15) is 11.8 Å². The van der Waals surface area contributed by atoms with Gasteiger partial charge in [0.05, 0.1) is 5.56 Å². The first-order valence-corrected chi connectivity index (χ1v) is 4.14. The van der Waals surface area contributed by atoms with Crippen LogP contribution in [0.15, 0.2) is 22.9 Å². The number of aromatic nitrogens is 3. The van der Waals surface area contributed by atoms with Crippen molar-refractivity contribution in [2.75, 3.05) is 0 Å². The molecule has 0 bridgehead atoms. The van der Waals surface area contributed by atoms with E-state index in [4.69, 9.17) is 14.9 Å². The number of nitrogens with zero attached hydrogens (tertiary/aromatic N) is 4. The van der Waals surface area contributed by atoms with Crippen molar-refractivity contribution in [1.82, 2.24) is 15.1 Å². The van der Waals surface area contributed by atoms with Gasteiger partial charge in [-0.3, -0.25) is 0 Å². The van der Waals surface area contributed by atoms with Crippen molar-refractivity contribution < 1.29 is 14.4 Å². The van der Waals surface area contributed by atoms with E-state index < -0.39 is 11.8 Å². The van der Waals surface area contributed by atoms with Crippen molar-refractivity contribution in [1.29, 1.82) is 5.26 Å². The molecule has 0 saturated carbocycles. The van der Waals surface area contributed by atoms with Crippen LogP contribution in [0.5, 0.6) is 0 Å². The summed E-state index contributed by atoms with van der Waals surface area (Å²) in [6.07, 6.45) is 1.33. The highest BCUT2D eigenvalue weighted by atomic mass is 16.5. The molecular weight excluding hydrogens is 212 g/mol. The summed E-state index contributed by atoms with van der Waals surface area (Å²) in [5.74, 6) is -1.70. The Morgan fingerprint density at radius 1 is 1.50 bits per heavy atom. The number of rotatable bonds is 2. The molecule has 2 rings (SSSR count). The molecule has 0 radical (unpaired) electrons. The van der Waals surface area contributed by atoms with E-state index in [1.807, 2.05) is 6.07 Å². The second-order valence-electron chi connectivity index (χ2n) is 2.77. The van der Waals surface area contributed by atoms with E-state index in [2.05, 4.69) is 15.1 Å². The minimum Gasteiger partial charge on any atom is -0.475 e. The molecule has 2 heterocycles. The smallest absolute Gasteiger partial charge is 0.377 e. The van der Waals surface area contributed by atoms with Crippen LogP contribution in [-0.4, -0.2) is 26.2 Å². The molecule has 0 fully saturated rings. The Morgan fingerprint density at radius 2 is 2.31 bits per heavy atom. The van der Waals surface area contributed by atoms with Crippen LogP contribution in [0.2, 0.25) is 0 Å². The van der Waals surface area contributed by atoms with Gasteiger partial charge in [0.15, 0.2) is 0 Å². The molecule has 16 heavy (non-hydrogen) atoms. The zero-order valence-corrected chi connectivity index (χ0v) is 7.78. The maximum atomic E-state index is 10.5. The van der Waals surface area contributed by atoms with Crippen LogP contribution >= 0.6 is 0 Å². The first-order valence-electron chi connectivity index (χ1n) is 4.14. The molecule has 0 aliphatic rings. The highest BCUT2D eigenvalue weighted by molar-refractivity contribution is 5.83. The minimum atomic E-state index is -1.27. The average Bonchev–Trinajstić information content (AvgIpc) is 2.78. The van der Waals surface area contributed by atoms with E-state index in [0.29, 0.717) is 11.3 Å². The van der Waals surface area contributed by atoms with Crippen molar-refractivity contribution in [2.24, 2.45) is 0 Å². The Balaban J connectivity index is 2.36. The number of pyridine rings is 1. The number of hydrogen-bond acceptors (Lipinski definition) is 6. The molecule has 0 aromatic carbocycles. The predicted octanol–water partition coefficient (Wildman–Crippen LogP) is 0.701. The molecule has 0 aliphatic heterocycles. The van der Waals surface area contributed by atoms with Crippen LogP contribution in [0.1, 0.15) is 16.2 Å². The number of carbonyl (C=O) groups is 1. The molecule has 2 aromatic heterocycles. The van der Waals surface area contributed by atoms with Crippen molar-refractivity contribution in [2.45, 2.75) is 0 Å². The lowest BCUT2D eigenvalue weighted by molar-refractivity contribution is 0.0680. The minimum absolute atomic E-state index is 0.00175. The second-order valence-corrected chi connectivity index (χ2v) is 2.77. The van der Waals surface area contributed by atoms with Gasteiger partial charge < -0.3 is 9.63 Å². The third-order valence-corrected chi connectivity index (χ3v) is 1.73. The van der Waals surface area contributed by atoms with Crippen molar-refractivity contribution >= 4 is 5.97 Å². The van der Waals surface area contributed by atoms with Crippen molar-refractivity contribution in [3.63, 3.8) is 0 Å². The SMILES string of the molecule is N#Cc1ccc(-c2nc(C(=O)O)no2)nc1. The molecule has 0 unspecified atom stereocenters. The van der Waals surface area contributed by atoms with Crippen LogP contribution in [0.25, 0.3) is 11.6 Å². The highest BCUT2D eigenvalue weighted by Crippen LogP contribution is 2.14. The third kappa shape index (κ3) is 1.72. The Hall–Kier alpha value is -2.75. The molecule has 78 valence electrons. The standard InChI is InChI=1S/C9H4N4O3/c10-3-5-1-2-6(11-4-5)8-12-7(9(14)15)13-16-8/h1-2,4H,(H,14,15). The Bertz CT molecular complexity index is 567. The monoisotopic (exact) mass is 216 g/mol. The molecule has 0 aliphatic carbocycles. The van der Waals surface area contributed by atoms with Crippen molar-refractivity contribution in [3.05, 3.63) is 29.7 Å². The summed E-state index contributed by atoms with van der Waals surface area (Å²) < 4.78 is 4.70. The molecule has 7 heteroatoms. The van der Waals surface area contributed by atoms with E-state index in [1.165, 1.54) is 18.3 Å². The average molecular weight is 216 g/mol. The number of carboxylic acid groups (broad SMARTS) is 1. The highest BCUT2D eigenvalue weighted by Gasteiger charge is 2.14. The van der Waals surface area contributed by atoms with Gasteiger partial charge in [0.2, 0.25) is 0 Å². The largest absolute Gasteiger partial charge is 0.475 e. The Kier molecular flexibility index (Phi) is 2.31. The Morgan fingerprint density at radius 3 is 2.81 bits per heavy atom. The maximum absolute atomic E-state index is 10.5. The number of carboxylic acids is 1. The van der Waals surface area contributed by atoms with Gasteiger partial charge in [0.25, 0.3) is 11.7 Å². The number of hydrogen-bond donors (Lipinski definition) is 1. The van der Waals surface area contributed by atoms with Crippen LogP contribution in [0.4, 0.5) is 0 Å².